The maximum atomic E-state index is 12.2. The second kappa shape index (κ2) is 10.8. The van der Waals surface area contributed by atoms with E-state index in [2.05, 4.69) is 32.1 Å². The van der Waals surface area contributed by atoms with Gasteiger partial charge in [-0.2, -0.15) is 0 Å². The van der Waals surface area contributed by atoms with Crippen molar-refractivity contribution in [2.45, 2.75) is 6.92 Å². The zero-order valence-corrected chi connectivity index (χ0v) is 17.9. The van der Waals surface area contributed by atoms with E-state index in [4.69, 9.17) is 33.3 Å². The van der Waals surface area contributed by atoms with Gasteiger partial charge in [-0.1, -0.05) is 17.7 Å². The lowest BCUT2D eigenvalue weighted by atomic mass is 10.2. The highest BCUT2D eigenvalue weighted by atomic mass is 79.9. The summed E-state index contributed by atoms with van der Waals surface area (Å²) in [6.45, 7) is 2.08. The van der Waals surface area contributed by atoms with Crippen LogP contribution in [0.5, 0.6) is 11.5 Å². The number of benzene rings is 2. The SMILES string of the molecule is CCOc1cccc(C(=O)NC(=S)NNC(=O)COc2ccc(Cl)cc2Br)c1. The molecule has 0 radical (unpaired) electrons. The van der Waals surface area contributed by atoms with Gasteiger partial charge in [-0.05, 0) is 71.5 Å². The molecule has 7 nitrogen and oxygen atoms in total. The van der Waals surface area contributed by atoms with Gasteiger partial charge in [0, 0.05) is 10.6 Å². The van der Waals surface area contributed by atoms with Gasteiger partial charge in [-0.25, -0.2) is 0 Å². The van der Waals surface area contributed by atoms with Gasteiger partial charge in [-0.15, -0.1) is 0 Å². The molecular weight excluding hydrogens is 470 g/mol. The first-order valence-corrected chi connectivity index (χ1v) is 9.68. The fourth-order valence-electron chi connectivity index (χ4n) is 2.00. The smallest absolute Gasteiger partial charge is 0.276 e. The van der Waals surface area contributed by atoms with Gasteiger partial charge in [0.1, 0.15) is 11.5 Å². The highest BCUT2D eigenvalue weighted by Crippen LogP contribution is 2.27. The molecule has 0 aliphatic carbocycles. The van der Waals surface area contributed by atoms with Crippen LogP contribution >= 0.6 is 39.7 Å². The molecule has 0 aliphatic heterocycles. The topological polar surface area (TPSA) is 88.7 Å². The van der Waals surface area contributed by atoms with E-state index in [-0.39, 0.29) is 11.7 Å². The number of thiocarbonyl (C=S) groups is 1. The second-order valence-electron chi connectivity index (χ2n) is 5.28. The summed E-state index contributed by atoms with van der Waals surface area (Å²) < 4.78 is 11.3. The van der Waals surface area contributed by atoms with E-state index in [1.807, 2.05) is 6.92 Å². The number of halogens is 2. The Morgan fingerprint density at radius 2 is 1.93 bits per heavy atom. The monoisotopic (exact) mass is 485 g/mol. The van der Waals surface area contributed by atoms with Crippen molar-refractivity contribution in [1.82, 2.24) is 16.2 Å². The number of amides is 2. The van der Waals surface area contributed by atoms with Crippen molar-refractivity contribution in [3.63, 3.8) is 0 Å². The molecular formula is C18H17BrClN3O4S. The Morgan fingerprint density at radius 3 is 2.64 bits per heavy atom. The Labute approximate surface area is 180 Å². The Bertz CT molecular complexity index is 882. The van der Waals surface area contributed by atoms with E-state index < -0.39 is 11.8 Å². The van der Waals surface area contributed by atoms with Crippen LogP contribution in [-0.2, 0) is 4.79 Å². The third kappa shape index (κ3) is 6.99. The van der Waals surface area contributed by atoms with E-state index in [1.54, 1.807) is 42.5 Å². The summed E-state index contributed by atoms with van der Waals surface area (Å²) in [6.07, 6.45) is 0. The zero-order chi connectivity index (χ0) is 20.5. The van der Waals surface area contributed by atoms with E-state index >= 15 is 0 Å². The van der Waals surface area contributed by atoms with Gasteiger partial charge in [0.15, 0.2) is 11.7 Å². The minimum Gasteiger partial charge on any atom is -0.494 e. The number of carbonyl (C=O) groups excluding carboxylic acids is 2. The van der Waals surface area contributed by atoms with Crippen molar-refractivity contribution < 1.29 is 19.1 Å². The fraction of sp³-hybridized carbons (Fsp3) is 0.167. The number of hydrogen-bond donors (Lipinski definition) is 3. The summed E-state index contributed by atoms with van der Waals surface area (Å²) in [4.78, 5) is 24.0. The van der Waals surface area contributed by atoms with Crippen molar-refractivity contribution in [3.8, 4) is 11.5 Å². The molecule has 0 spiro atoms. The summed E-state index contributed by atoms with van der Waals surface area (Å²) in [5.74, 6) is 0.115. The summed E-state index contributed by atoms with van der Waals surface area (Å²) >= 11 is 14.1. The van der Waals surface area contributed by atoms with Gasteiger partial charge >= 0.3 is 0 Å². The van der Waals surface area contributed by atoms with Gasteiger partial charge in [0.05, 0.1) is 11.1 Å². The second-order valence-corrected chi connectivity index (χ2v) is 6.98. The molecule has 0 aromatic heterocycles. The summed E-state index contributed by atoms with van der Waals surface area (Å²) in [5.41, 5.74) is 5.15. The van der Waals surface area contributed by atoms with Crippen molar-refractivity contribution in [2.75, 3.05) is 13.2 Å². The van der Waals surface area contributed by atoms with Crippen molar-refractivity contribution >= 4 is 56.7 Å². The highest BCUT2D eigenvalue weighted by molar-refractivity contribution is 9.10. The van der Waals surface area contributed by atoms with Crippen LogP contribution in [0, 0.1) is 0 Å². The first-order valence-electron chi connectivity index (χ1n) is 8.10. The van der Waals surface area contributed by atoms with Crippen LogP contribution in [0.2, 0.25) is 5.02 Å². The van der Waals surface area contributed by atoms with Crippen LogP contribution in [0.3, 0.4) is 0 Å². The van der Waals surface area contributed by atoms with Crippen molar-refractivity contribution in [1.29, 1.82) is 0 Å². The van der Waals surface area contributed by atoms with Crippen LogP contribution in [-0.4, -0.2) is 30.1 Å². The number of nitrogens with one attached hydrogen (secondary N) is 3. The molecule has 2 amide bonds. The Balaban J connectivity index is 1.77. The van der Waals surface area contributed by atoms with Gasteiger partial charge in [-0.3, -0.25) is 25.8 Å². The molecule has 28 heavy (non-hydrogen) atoms. The first-order chi connectivity index (χ1) is 13.4. The molecule has 0 heterocycles. The predicted octanol–water partition coefficient (Wildman–Crippen LogP) is 3.22. The van der Waals surface area contributed by atoms with E-state index in [0.717, 1.165) is 0 Å². The lowest BCUT2D eigenvalue weighted by Crippen LogP contribution is -2.49. The van der Waals surface area contributed by atoms with E-state index in [1.165, 1.54) is 0 Å². The van der Waals surface area contributed by atoms with Crippen LogP contribution < -0.4 is 25.6 Å². The zero-order valence-electron chi connectivity index (χ0n) is 14.8. The van der Waals surface area contributed by atoms with Crippen molar-refractivity contribution in [3.05, 3.63) is 57.5 Å². The van der Waals surface area contributed by atoms with Gasteiger partial charge in [0.25, 0.3) is 11.8 Å². The summed E-state index contributed by atoms with van der Waals surface area (Å²) in [7, 11) is 0. The molecule has 2 rings (SSSR count). The fourth-order valence-corrected chi connectivity index (χ4v) is 2.94. The average molecular weight is 487 g/mol. The minimum atomic E-state index is -0.489. The average Bonchev–Trinajstić information content (AvgIpc) is 2.66. The Hall–Kier alpha value is -2.36. The minimum absolute atomic E-state index is 0.0622. The number of hydrazine groups is 1. The maximum Gasteiger partial charge on any atom is 0.276 e. The molecule has 0 saturated heterocycles. The normalized spacial score (nSPS) is 9.96. The molecule has 0 aliphatic rings. The molecule has 0 unspecified atom stereocenters. The molecule has 3 N–H and O–H groups in total. The maximum absolute atomic E-state index is 12.2. The first kappa shape index (κ1) is 21.9. The van der Waals surface area contributed by atoms with Crippen LogP contribution in [0.25, 0.3) is 0 Å². The lowest BCUT2D eigenvalue weighted by Gasteiger charge is -2.12. The number of carbonyl (C=O) groups is 2. The molecule has 2 aromatic rings. The molecule has 10 heteroatoms. The molecule has 148 valence electrons. The largest absolute Gasteiger partial charge is 0.494 e. The highest BCUT2D eigenvalue weighted by Gasteiger charge is 2.10. The molecule has 0 fully saturated rings. The van der Waals surface area contributed by atoms with Crippen molar-refractivity contribution in [2.24, 2.45) is 0 Å². The van der Waals surface area contributed by atoms with Crippen LogP contribution in [0.1, 0.15) is 17.3 Å². The summed E-state index contributed by atoms with van der Waals surface area (Å²) in [5, 5.41) is 2.94. The van der Waals surface area contributed by atoms with Crippen LogP contribution in [0.15, 0.2) is 46.9 Å². The number of hydrogen-bond acceptors (Lipinski definition) is 5. The molecule has 0 bridgehead atoms. The Kier molecular flexibility index (Phi) is 8.49. The number of ether oxygens (including phenoxy) is 2. The Morgan fingerprint density at radius 1 is 1.14 bits per heavy atom. The third-order valence-corrected chi connectivity index (χ3v) is 4.26. The van der Waals surface area contributed by atoms with Gasteiger partial charge in [0.2, 0.25) is 0 Å². The predicted molar refractivity (Wildman–Crippen MR) is 114 cm³/mol. The van der Waals surface area contributed by atoms with Crippen LogP contribution in [0.4, 0.5) is 0 Å². The summed E-state index contributed by atoms with van der Waals surface area (Å²) in [6, 6.07) is 11.6. The quantitative estimate of drug-likeness (QED) is 0.429. The molecule has 0 atom stereocenters. The third-order valence-electron chi connectivity index (χ3n) is 3.20. The standard InChI is InChI=1S/C18H17BrClN3O4S/c1-2-26-13-5-3-4-11(8-13)17(25)21-18(28)23-22-16(24)10-27-15-7-6-12(20)9-14(15)19/h3-9H,2,10H2,1H3,(H,22,24)(H2,21,23,25,28). The lowest BCUT2D eigenvalue weighted by molar-refractivity contribution is -0.123. The molecule has 2 aromatic carbocycles. The van der Waals surface area contributed by atoms with Gasteiger partial charge < -0.3 is 9.47 Å². The molecule has 0 saturated carbocycles. The number of rotatable bonds is 6. The van der Waals surface area contributed by atoms with E-state index in [0.29, 0.717) is 33.2 Å². The van der Waals surface area contributed by atoms with E-state index in [9.17, 15) is 9.59 Å².